The Morgan fingerprint density at radius 1 is 1.39 bits per heavy atom. The fraction of sp³-hybridized carbons (Fsp3) is 0.385. The number of amides is 1. The number of carbonyl (C=O) groups excluding carboxylic acids is 1. The Morgan fingerprint density at radius 2 is 1.89 bits per heavy atom. The van der Waals surface area contributed by atoms with Crippen molar-refractivity contribution in [3.8, 4) is 0 Å². The predicted octanol–water partition coefficient (Wildman–Crippen LogP) is 3.44. The van der Waals surface area contributed by atoms with E-state index >= 15 is 0 Å². The van der Waals surface area contributed by atoms with E-state index in [1.54, 1.807) is 6.92 Å². The minimum Gasteiger partial charge on any atom is -0.465 e. The zero-order chi connectivity index (χ0) is 14.1. The summed E-state index contributed by atoms with van der Waals surface area (Å²) in [5.74, 6) is 0.161. The zero-order valence-corrected chi connectivity index (χ0v) is 11.3. The average Bonchev–Trinajstić information content (AvgIpc) is 2.26. The molecule has 5 heteroatoms. The molecule has 18 heavy (non-hydrogen) atoms. The van der Waals surface area contributed by atoms with Crippen molar-refractivity contribution in [2.24, 2.45) is 5.73 Å². The molecule has 0 saturated heterocycles. The van der Waals surface area contributed by atoms with Gasteiger partial charge >= 0.3 is 6.09 Å². The summed E-state index contributed by atoms with van der Waals surface area (Å²) in [6, 6.07) is 7.58. The van der Waals surface area contributed by atoms with Crippen LogP contribution in [0.3, 0.4) is 0 Å². The quantitative estimate of drug-likeness (QED) is 0.880. The number of rotatable bonds is 4. The molecule has 0 aliphatic carbocycles. The molecule has 1 rings (SSSR count). The van der Waals surface area contributed by atoms with Crippen LogP contribution in [0.4, 0.5) is 4.79 Å². The fourth-order valence-electron chi connectivity index (χ4n) is 1.62. The number of Topliss-reactive ketones (excluding diaryl/α,β-unsaturated/α-hetero) is 1. The number of hydrogen-bond donors (Lipinski definition) is 2. The van der Waals surface area contributed by atoms with Gasteiger partial charge in [0.15, 0.2) is 0 Å². The lowest BCUT2D eigenvalue weighted by Gasteiger charge is -2.14. The van der Waals surface area contributed by atoms with Gasteiger partial charge in [0.1, 0.15) is 5.78 Å². The highest BCUT2D eigenvalue weighted by molar-refractivity contribution is 6.31. The van der Waals surface area contributed by atoms with Crippen LogP contribution in [0.1, 0.15) is 38.2 Å². The summed E-state index contributed by atoms with van der Waals surface area (Å²) in [7, 11) is 0. The number of carboxylic acid groups (broad SMARTS) is 1. The van der Waals surface area contributed by atoms with Gasteiger partial charge in [-0.2, -0.15) is 0 Å². The molecule has 0 saturated carbocycles. The fourth-order valence-corrected chi connectivity index (χ4v) is 1.89. The van der Waals surface area contributed by atoms with E-state index in [0.717, 1.165) is 18.4 Å². The largest absolute Gasteiger partial charge is 0.465 e. The van der Waals surface area contributed by atoms with E-state index in [1.165, 1.54) is 0 Å². The smallest absolute Gasteiger partial charge is 0.402 e. The minimum atomic E-state index is -1.33. The Bertz CT molecular complexity index is 403. The molecule has 0 spiro atoms. The van der Waals surface area contributed by atoms with Gasteiger partial charge in [0, 0.05) is 10.9 Å². The van der Waals surface area contributed by atoms with Gasteiger partial charge < -0.3 is 10.8 Å². The van der Waals surface area contributed by atoms with E-state index in [4.69, 9.17) is 21.5 Å². The molecule has 1 aromatic rings. The first kappa shape index (κ1) is 16.4. The Hall–Kier alpha value is -1.55. The van der Waals surface area contributed by atoms with Crippen molar-refractivity contribution in [1.82, 2.24) is 0 Å². The molecule has 1 amide bonds. The van der Waals surface area contributed by atoms with Crippen LogP contribution in [0.25, 0.3) is 0 Å². The van der Waals surface area contributed by atoms with Crippen LogP contribution in [0.2, 0.25) is 5.02 Å². The van der Waals surface area contributed by atoms with E-state index < -0.39 is 6.09 Å². The molecule has 0 heterocycles. The van der Waals surface area contributed by atoms with E-state index in [-0.39, 0.29) is 11.7 Å². The Balaban J connectivity index is 0.000000631. The second-order valence-electron chi connectivity index (χ2n) is 3.81. The minimum absolute atomic E-state index is 0.0336. The molecule has 0 aliphatic heterocycles. The molecule has 4 nitrogen and oxygen atoms in total. The number of halogens is 1. The van der Waals surface area contributed by atoms with Crippen molar-refractivity contribution >= 4 is 23.5 Å². The van der Waals surface area contributed by atoms with Crippen molar-refractivity contribution < 1.29 is 14.7 Å². The molecule has 0 aliphatic rings. The number of primary amides is 1. The van der Waals surface area contributed by atoms with Crippen molar-refractivity contribution in [3.05, 3.63) is 34.9 Å². The van der Waals surface area contributed by atoms with E-state index in [0.29, 0.717) is 5.02 Å². The Kier molecular flexibility index (Phi) is 7.79. The van der Waals surface area contributed by atoms with Gasteiger partial charge in [-0.05, 0) is 25.0 Å². The summed E-state index contributed by atoms with van der Waals surface area (Å²) in [4.78, 5) is 20.2. The predicted molar refractivity (Wildman–Crippen MR) is 72.0 cm³/mol. The second-order valence-corrected chi connectivity index (χ2v) is 4.22. The van der Waals surface area contributed by atoms with Crippen molar-refractivity contribution in [1.29, 1.82) is 0 Å². The normalized spacial score (nSPS) is 11.1. The van der Waals surface area contributed by atoms with E-state index in [1.807, 2.05) is 24.3 Å². The van der Waals surface area contributed by atoms with Crippen molar-refractivity contribution in [3.63, 3.8) is 0 Å². The Labute approximate surface area is 112 Å². The first-order chi connectivity index (χ1) is 8.40. The molecular weight excluding hydrogens is 254 g/mol. The molecule has 0 aromatic heterocycles. The molecule has 100 valence electrons. The maximum atomic E-state index is 11.4. The summed E-state index contributed by atoms with van der Waals surface area (Å²) >= 11 is 6.05. The molecule has 3 N–H and O–H groups in total. The number of carbonyl (C=O) groups is 2. The van der Waals surface area contributed by atoms with Gasteiger partial charge in [0.25, 0.3) is 0 Å². The summed E-state index contributed by atoms with van der Waals surface area (Å²) in [6.07, 6.45) is 0.536. The van der Waals surface area contributed by atoms with Gasteiger partial charge in [-0.3, -0.25) is 4.79 Å². The first-order valence-electron chi connectivity index (χ1n) is 5.63. The summed E-state index contributed by atoms with van der Waals surface area (Å²) in [6.45, 7) is 3.70. The van der Waals surface area contributed by atoms with E-state index in [2.05, 4.69) is 12.7 Å². The van der Waals surface area contributed by atoms with Crippen molar-refractivity contribution in [2.75, 3.05) is 0 Å². The molecule has 0 radical (unpaired) electrons. The molecule has 0 bridgehead atoms. The highest BCUT2D eigenvalue weighted by Gasteiger charge is 2.17. The van der Waals surface area contributed by atoms with E-state index in [9.17, 15) is 4.79 Å². The van der Waals surface area contributed by atoms with Crippen LogP contribution in [0, 0.1) is 0 Å². The topological polar surface area (TPSA) is 80.4 Å². The number of ketones is 1. The van der Waals surface area contributed by atoms with Crippen LogP contribution in [0.15, 0.2) is 24.3 Å². The lowest BCUT2D eigenvalue weighted by Crippen LogP contribution is -2.08. The maximum Gasteiger partial charge on any atom is 0.402 e. The third-order valence-electron chi connectivity index (χ3n) is 2.35. The molecule has 1 unspecified atom stereocenters. The van der Waals surface area contributed by atoms with Crippen LogP contribution < -0.4 is 5.73 Å². The average molecular weight is 272 g/mol. The second kappa shape index (κ2) is 8.53. The summed E-state index contributed by atoms with van der Waals surface area (Å²) in [5, 5.41) is 7.89. The Morgan fingerprint density at radius 3 is 2.28 bits per heavy atom. The number of nitrogens with two attached hydrogens (primary N) is 1. The van der Waals surface area contributed by atoms with Crippen LogP contribution in [0.5, 0.6) is 0 Å². The third-order valence-corrected chi connectivity index (χ3v) is 2.69. The van der Waals surface area contributed by atoms with Gasteiger partial charge in [-0.25, -0.2) is 4.79 Å². The highest BCUT2D eigenvalue weighted by atomic mass is 35.5. The summed E-state index contributed by atoms with van der Waals surface area (Å²) < 4.78 is 0. The van der Waals surface area contributed by atoms with Gasteiger partial charge in [0.2, 0.25) is 0 Å². The lowest BCUT2D eigenvalue weighted by atomic mass is 9.91. The molecule has 1 aromatic carbocycles. The zero-order valence-electron chi connectivity index (χ0n) is 10.5. The maximum absolute atomic E-state index is 11.4. The summed E-state index contributed by atoms with van der Waals surface area (Å²) in [5.41, 5.74) is 4.99. The van der Waals surface area contributed by atoms with Gasteiger partial charge in [-0.15, -0.1) is 0 Å². The van der Waals surface area contributed by atoms with Crippen molar-refractivity contribution in [2.45, 2.75) is 32.6 Å². The first-order valence-corrected chi connectivity index (χ1v) is 6.01. The van der Waals surface area contributed by atoms with Gasteiger partial charge in [0.05, 0.1) is 0 Å². The number of benzene rings is 1. The van der Waals surface area contributed by atoms with Gasteiger partial charge in [-0.1, -0.05) is 43.1 Å². The van der Waals surface area contributed by atoms with Crippen LogP contribution >= 0.6 is 11.6 Å². The third kappa shape index (κ3) is 6.25. The van der Waals surface area contributed by atoms with Crippen LogP contribution in [-0.4, -0.2) is 17.0 Å². The number of hydrogen-bond acceptors (Lipinski definition) is 2. The monoisotopic (exact) mass is 271 g/mol. The molecular formula is C13H18ClNO3. The molecule has 0 fully saturated rings. The lowest BCUT2D eigenvalue weighted by molar-refractivity contribution is -0.118. The standard InChI is InChI=1S/C12H15ClO.CH3NO2/c1-3-6-10(9(2)14)11-7-4-5-8-12(11)13;2-1(3)4/h4-5,7-8,10H,3,6H2,1-2H3;2H2,(H,3,4). The van der Waals surface area contributed by atoms with Crippen LogP contribution in [-0.2, 0) is 4.79 Å². The molecule has 1 atom stereocenters. The highest BCUT2D eigenvalue weighted by Crippen LogP contribution is 2.28. The SMILES string of the molecule is CCCC(C(C)=O)c1ccccc1Cl.NC(=O)O.